The van der Waals surface area contributed by atoms with Crippen LogP contribution in [0.5, 0.6) is 0 Å². The summed E-state index contributed by atoms with van der Waals surface area (Å²) in [7, 11) is -2.11. The largest absolute Gasteiger partial charge is 0.355 e. The molecule has 0 bridgehead atoms. The molecule has 0 radical (unpaired) electrons. The third-order valence-electron chi connectivity index (χ3n) is 4.37. The SMILES string of the molecule is CNC(=O)c1cccc(C(=O)Nc2ccc(S(=O)(=O)c3ccc(C)cc3)cc2)c1. The molecule has 0 heterocycles. The number of nitrogens with one attached hydrogen (secondary N) is 2. The van der Waals surface area contributed by atoms with Crippen LogP contribution >= 0.6 is 0 Å². The van der Waals surface area contributed by atoms with E-state index in [-0.39, 0.29) is 15.7 Å². The second-order valence-corrected chi connectivity index (χ2v) is 8.40. The Labute approximate surface area is 169 Å². The molecule has 0 fully saturated rings. The molecule has 0 saturated heterocycles. The first kappa shape index (κ1) is 20.3. The van der Waals surface area contributed by atoms with E-state index in [4.69, 9.17) is 0 Å². The van der Waals surface area contributed by atoms with Crippen LogP contribution in [0.3, 0.4) is 0 Å². The number of anilines is 1. The predicted octanol–water partition coefficient (Wildman–Crippen LogP) is 3.44. The minimum Gasteiger partial charge on any atom is -0.355 e. The molecule has 3 aromatic carbocycles. The van der Waals surface area contributed by atoms with Gasteiger partial charge in [0.15, 0.2) is 0 Å². The molecule has 0 aliphatic carbocycles. The van der Waals surface area contributed by atoms with E-state index in [1.54, 1.807) is 42.5 Å². The summed E-state index contributed by atoms with van der Waals surface area (Å²) in [5, 5.41) is 5.21. The van der Waals surface area contributed by atoms with Crippen molar-refractivity contribution in [1.29, 1.82) is 0 Å². The average molecular weight is 408 g/mol. The van der Waals surface area contributed by atoms with Crippen molar-refractivity contribution < 1.29 is 18.0 Å². The van der Waals surface area contributed by atoms with Gasteiger partial charge >= 0.3 is 0 Å². The van der Waals surface area contributed by atoms with Gasteiger partial charge in [0, 0.05) is 23.9 Å². The molecule has 0 aliphatic rings. The summed E-state index contributed by atoms with van der Waals surface area (Å²) in [5.74, 6) is -0.685. The normalized spacial score (nSPS) is 11.0. The van der Waals surface area contributed by atoms with Crippen molar-refractivity contribution in [3.63, 3.8) is 0 Å². The fraction of sp³-hybridized carbons (Fsp3) is 0.0909. The van der Waals surface area contributed by atoms with Gasteiger partial charge in [-0.1, -0.05) is 23.8 Å². The molecule has 7 heteroatoms. The highest BCUT2D eigenvalue weighted by molar-refractivity contribution is 7.91. The molecular formula is C22H20N2O4S. The smallest absolute Gasteiger partial charge is 0.255 e. The third kappa shape index (κ3) is 4.52. The maximum Gasteiger partial charge on any atom is 0.255 e. The van der Waals surface area contributed by atoms with Crippen LogP contribution in [0.1, 0.15) is 26.3 Å². The van der Waals surface area contributed by atoms with Crippen LogP contribution in [0, 0.1) is 6.92 Å². The fourth-order valence-corrected chi connectivity index (χ4v) is 3.98. The Balaban J connectivity index is 1.78. The number of amides is 2. The van der Waals surface area contributed by atoms with E-state index in [0.29, 0.717) is 16.8 Å². The third-order valence-corrected chi connectivity index (χ3v) is 6.15. The van der Waals surface area contributed by atoms with Gasteiger partial charge in [0.25, 0.3) is 11.8 Å². The van der Waals surface area contributed by atoms with E-state index in [9.17, 15) is 18.0 Å². The summed E-state index contributed by atoms with van der Waals surface area (Å²) in [6.45, 7) is 1.89. The number of sulfone groups is 1. The first-order valence-electron chi connectivity index (χ1n) is 8.86. The molecular weight excluding hydrogens is 388 g/mol. The second kappa shape index (κ2) is 8.28. The van der Waals surface area contributed by atoms with Crippen LogP contribution in [0.2, 0.25) is 0 Å². The molecule has 0 spiro atoms. The quantitative estimate of drug-likeness (QED) is 0.676. The lowest BCUT2D eigenvalue weighted by atomic mass is 10.1. The zero-order valence-electron chi connectivity index (χ0n) is 16.0. The Morgan fingerprint density at radius 2 is 1.28 bits per heavy atom. The second-order valence-electron chi connectivity index (χ2n) is 6.45. The topological polar surface area (TPSA) is 92.3 Å². The summed E-state index contributed by atoms with van der Waals surface area (Å²) in [6, 6.07) is 18.9. The molecule has 148 valence electrons. The maximum absolute atomic E-state index is 12.7. The molecule has 2 N–H and O–H groups in total. The van der Waals surface area contributed by atoms with Gasteiger partial charge in [-0.05, 0) is 61.5 Å². The van der Waals surface area contributed by atoms with E-state index < -0.39 is 15.7 Å². The maximum atomic E-state index is 12.7. The molecule has 6 nitrogen and oxygen atoms in total. The Kier molecular flexibility index (Phi) is 5.79. The van der Waals surface area contributed by atoms with Gasteiger partial charge in [0.05, 0.1) is 9.79 Å². The highest BCUT2D eigenvalue weighted by Gasteiger charge is 2.17. The van der Waals surface area contributed by atoms with E-state index in [2.05, 4.69) is 10.6 Å². The van der Waals surface area contributed by atoms with Crippen molar-refractivity contribution in [2.75, 3.05) is 12.4 Å². The molecule has 29 heavy (non-hydrogen) atoms. The van der Waals surface area contributed by atoms with Gasteiger partial charge in [-0.15, -0.1) is 0 Å². The summed E-state index contributed by atoms with van der Waals surface area (Å²) in [5.41, 5.74) is 2.12. The number of hydrogen-bond donors (Lipinski definition) is 2. The van der Waals surface area contributed by atoms with E-state index in [1.807, 2.05) is 6.92 Å². The van der Waals surface area contributed by atoms with Crippen LogP contribution in [-0.4, -0.2) is 27.3 Å². The first-order chi connectivity index (χ1) is 13.8. The molecule has 3 rings (SSSR count). The lowest BCUT2D eigenvalue weighted by Gasteiger charge is -2.09. The van der Waals surface area contributed by atoms with Crippen LogP contribution < -0.4 is 10.6 Å². The molecule has 0 aromatic heterocycles. The van der Waals surface area contributed by atoms with Gasteiger partial charge in [-0.2, -0.15) is 0 Å². The molecule has 0 saturated carbocycles. The van der Waals surface area contributed by atoms with Gasteiger partial charge in [0.1, 0.15) is 0 Å². The number of carbonyl (C=O) groups is 2. The fourth-order valence-electron chi connectivity index (χ4n) is 2.72. The van der Waals surface area contributed by atoms with Crippen LogP contribution in [0.15, 0.2) is 82.6 Å². The lowest BCUT2D eigenvalue weighted by molar-refractivity contribution is 0.0963. The van der Waals surface area contributed by atoms with Gasteiger partial charge < -0.3 is 10.6 Å². The Hall–Kier alpha value is -3.45. The molecule has 0 aliphatic heterocycles. The van der Waals surface area contributed by atoms with Crippen molar-refractivity contribution >= 4 is 27.3 Å². The molecule has 0 atom stereocenters. The van der Waals surface area contributed by atoms with E-state index >= 15 is 0 Å². The highest BCUT2D eigenvalue weighted by atomic mass is 32.2. The number of rotatable bonds is 5. The van der Waals surface area contributed by atoms with Crippen molar-refractivity contribution in [3.8, 4) is 0 Å². The van der Waals surface area contributed by atoms with Gasteiger partial charge in [0.2, 0.25) is 9.84 Å². The highest BCUT2D eigenvalue weighted by Crippen LogP contribution is 2.23. The average Bonchev–Trinajstić information content (AvgIpc) is 2.74. The van der Waals surface area contributed by atoms with Crippen LogP contribution in [-0.2, 0) is 9.84 Å². The monoisotopic (exact) mass is 408 g/mol. The minimum absolute atomic E-state index is 0.140. The van der Waals surface area contributed by atoms with Crippen LogP contribution in [0.25, 0.3) is 0 Å². The Morgan fingerprint density at radius 3 is 1.83 bits per heavy atom. The zero-order valence-corrected chi connectivity index (χ0v) is 16.8. The number of benzene rings is 3. The van der Waals surface area contributed by atoms with Crippen molar-refractivity contribution in [2.45, 2.75) is 16.7 Å². The standard InChI is InChI=1S/C22H20N2O4S/c1-15-6-10-19(11-7-15)29(27,28)20-12-8-18(9-13-20)24-22(26)17-5-3-4-16(14-17)21(25)23-2/h3-14H,1-2H3,(H,23,25)(H,24,26). The molecule has 0 unspecified atom stereocenters. The van der Waals surface area contributed by atoms with Crippen molar-refractivity contribution in [2.24, 2.45) is 0 Å². The summed E-state index contributed by atoms with van der Waals surface area (Å²) < 4.78 is 25.4. The Morgan fingerprint density at radius 1 is 0.759 bits per heavy atom. The van der Waals surface area contributed by atoms with Gasteiger partial charge in [-0.25, -0.2) is 8.42 Å². The van der Waals surface area contributed by atoms with Crippen molar-refractivity contribution in [1.82, 2.24) is 5.32 Å². The summed E-state index contributed by atoms with van der Waals surface area (Å²) >= 11 is 0. The lowest BCUT2D eigenvalue weighted by Crippen LogP contribution is -2.19. The molecule has 2 amide bonds. The Bertz CT molecular complexity index is 1150. The van der Waals surface area contributed by atoms with E-state index in [0.717, 1.165) is 5.56 Å². The number of aryl methyl sites for hydroxylation is 1. The number of carbonyl (C=O) groups excluding carboxylic acids is 2. The van der Waals surface area contributed by atoms with Crippen LogP contribution in [0.4, 0.5) is 5.69 Å². The predicted molar refractivity (Wildman–Crippen MR) is 111 cm³/mol. The van der Waals surface area contributed by atoms with Gasteiger partial charge in [-0.3, -0.25) is 9.59 Å². The van der Waals surface area contributed by atoms with E-state index in [1.165, 1.54) is 37.4 Å². The zero-order chi connectivity index (χ0) is 21.0. The number of hydrogen-bond acceptors (Lipinski definition) is 4. The van der Waals surface area contributed by atoms with Crippen molar-refractivity contribution in [3.05, 3.63) is 89.5 Å². The summed E-state index contributed by atoms with van der Waals surface area (Å²) in [4.78, 5) is 24.5. The first-order valence-corrected chi connectivity index (χ1v) is 10.3. The minimum atomic E-state index is -3.63. The summed E-state index contributed by atoms with van der Waals surface area (Å²) in [6.07, 6.45) is 0. The molecule has 3 aromatic rings.